The molecule has 2 unspecified atom stereocenters. The molecule has 0 amide bonds. The highest BCUT2D eigenvalue weighted by Gasteiger charge is 2.24. The lowest BCUT2D eigenvalue weighted by Crippen LogP contribution is -2.58. The fraction of sp³-hybridized carbons (Fsp3) is 1.00. The van der Waals surface area contributed by atoms with Gasteiger partial charge in [0.15, 0.2) is 0 Å². The smallest absolute Gasteiger partial charge is 0.0348 e. The number of likely N-dealkylation sites (N-methyl/N-ethyl adjacent to an activating group) is 2. The second-order valence-electron chi connectivity index (χ2n) is 4.31. The molecule has 0 saturated carbocycles. The highest BCUT2D eigenvalue weighted by Crippen LogP contribution is 2.06. The minimum atomic E-state index is 0.651. The van der Waals surface area contributed by atoms with Crippen LogP contribution in [-0.4, -0.2) is 62.2 Å². The maximum Gasteiger partial charge on any atom is 0.0348 e. The Labute approximate surface area is 82.1 Å². The van der Waals surface area contributed by atoms with Gasteiger partial charge in [-0.15, -0.1) is 0 Å². The molecule has 1 fully saturated rings. The van der Waals surface area contributed by atoms with Gasteiger partial charge in [-0.05, 0) is 27.6 Å². The van der Waals surface area contributed by atoms with Gasteiger partial charge >= 0.3 is 0 Å². The summed E-state index contributed by atoms with van der Waals surface area (Å²) in [4.78, 5) is 4.84. The predicted octanol–water partition coefficient (Wildman–Crippen LogP) is 0.230. The van der Waals surface area contributed by atoms with E-state index in [1.54, 1.807) is 0 Å². The Morgan fingerprint density at radius 2 is 2.15 bits per heavy atom. The monoisotopic (exact) mass is 185 g/mol. The normalized spacial score (nSPS) is 31.2. The first-order chi connectivity index (χ1) is 6.13. The molecule has 78 valence electrons. The van der Waals surface area contributed by atoms with E-state index in [4.69, 9.17) is 0 Å². The van der Waals surface area contributed by atoms with E-state index in [2.05, 4.69) is 43.1 Å². The zero-order valence-electron chi connectivity index (χ0n) is 9.38. The molecule has 0 radical (unpaired) electrons. The van der Waals surface area contributed by atoms with Crippen molar-refractivity contribution < 1.29 is 0 Å². The molecule has 1 aliphatic heterocycles. The average Bonchev–Trinajstić information content (AvgIpc) is 2.07. The van der Waals surface area contributed by atoms with E-state index < -0.39 is 0 Å². The second kappa shape index (κ2) is 4.94. The van der Waals surface area contributed by atoms with Crippen LogP contribution in [0.5, 0.6) is 0 Å². The highest BCUT2D eigenvalue weighted by atomic mass is 15.3. The summed E-state index contributed by atoms with van der Waals surface area (Å²) in [6.07, 6.45) is 0. The van der Waals surface area contributed by atoms with Crippen LogP contribution in [0.25, 0.3) is 0 Å². The topological polar surface area (TPSA) is 18.5 Å². The van der Waals surface area contributed by atoms with Gasteiger partial charge in [-0.3, -0.25) is 4.90 Å². The molecule has 1 saturated heterocycles. The van der Waals surface area contributed by atoms with Crippen molar-refractivity contribution in [2.75, 3.05) is 40.3 Å². The molecule has 0 spiro atoms. The Morgan fingerprint density at radius 3 is 2.69 bits per heavy atom. The predicted molar refractivity (Wildman–Crippen MR) is 57.1 cm³/mol. The number of hydrogen-bond acceptors (Lipinski definition) is 3. The molecule has 0 aromatic heterocycles. The molecule has 1 N–H and O–H groups in total. The van der Waals surface area contributed by atoms with E-state index in [0.717, 1.165) is 13.1 Å². The highest BCUT2D eigenvalue weighted by molar-refractivity contribution is 4.84. The quantitative estimate of drug-likeness (QED) is 0.679. The molecule has 3 heteroatoms. The lowest BCUT2D eigenvalue weighted by Gasteiger charge is -2.39. The van der Waals surface area contributed by atoms with E-state index in [0.29, 0.717) is 12.1 Å². The largest absolute Gasteiger partial charge is 0.311 e. The summed E-state index contributed by atoms with van der Waals surface area (Å²) in [5.41, 5.74) is 0. The Kier molecular flexibility index (Phi) is 4.16. The molecule has 0 aromatic rings. The van der Waals surface area contributed by atoms with Crippen LogP contribution in [0.15, 0.2) is 0 Å². The first kappa shape index (κ1) is 11.0. The summed E-state index contributed by atoms with van der Waals surface area (Å²) < 4.78 is 0. The van der Waals surface area contributed by atoms with Gasteiger partial charge in [0.25, 0.3) is 0 Å². The summed E-state index contributed by atoms with van der Waals surface area (Å²) in [5, 5.41) is 3.53. The maximum atomic E-state index is 3.53. The SMILES string of the molecule is CCN1CC(C)NCC1CN(C)C. The molecule has 0 aromatic carbocycles. The zero-order chi connectivity index (χ0) is 9.84. The Bertz CT molecular complexity index is 147. The van der Waals surface area contributed by atoms with Crippen LogP contribution in [-0.2, 0) is 0 Å². The van der Waals surface area contributed by atoms with E-state index in [9.17, 15) is 0 Å². The van der Waals surface area contributed by atoms with Gasteiger partial charge in [0.2, 0.25) is 0 Å². The van der Waals surface area contributed by atoms with Gasteiger partial charge in [-0.1, -0.05) is 6.92 Å². The molecule has 1 heterocycles. The fourth-order valence-electron chi connectivity index (χ4n) is 2.02. The van der Waals surface area contributed by atoms with Gasteiger partial charge in [-0.25, -0.2) is 0 Å². The first-order valence-electron chi connectivity index (χ1n) is 5.25. The molecule has 2 atom stereocenters. The third-order valence-corrected chi connectivity index (χ3v) is 2.71. The summed E-state index contributed by atoms with van der Waals surface area (Å²) in [5.74, 6) is 0. The van der Waals surface area contributed by atoms with Crippen LogP contribution >= 0.6 is 0 Å². The van der Waals surface area contributed by atoms with Crippen molar-refractivity contribution in [1.82, 2.24) is 15.1 Å². The average molecular weight is 185 g/mol. The second-order valence-corrected chi connectivity index (χ2v) is 4.31. The third-order valence-electron chi connectivity index (χ3n) is 2.71. The molecule has 3 nitrogen and oxygen atoms in total. The number of rotatable bonds is 3. The van der Waals surface area contributed by atoms with Crippen LogP contribution in [0.3, 0.4) is 0 Å². The van der Waals surface area contributed by atoms with Gasteiger partial charge in [0.1, 0.15) is 0 Å². The number of nitrogens with one attached hydrogen (secondary N) is 1. The molecular weight excluding hydrogens is 162 g/mol. The van der Waals surface area contributed by atoms with Crippen LogP contribution in [0.2, 0.25) is 0 Å². The Morgan fingerprint density at radius 1 is 1.46 bits per heavy atom. The fourth-order valence-corrected chi connectivity index (χ4v) is 2.02. The molecular formula is C10H23N3. The summed E-state index contributed by atoms with van der Waals surface area (Å²) in [7, 11) is 4.29. The Hall–Kier alpha value is -0.120. The van der Waals surface area contributed by atoms with Crippen LogP contribution in [0, 0.1) is 0 Å². The minimum absolute atomic E-state index is 0.651. The number of hydrogen-bond donors (Lipinski definition) is 1. The number of piperazine rings is 1. The standard InChI is InChI=1S/C10H23N3/c1-5-13-7-9(2)11-6-10(13)8-12(3)4/h9-11H,5-8H2,1-4H3. The van der Waals surface area contributed by atoms with Gasteiger partial charge < -0.3 is 10.2 Å². The first-order valence-corrected chi connectivity index (χ1v) is 5.25. The van der Waals surface area contributed by atoms with Crippen LogP contribution < -0.4 is 5.32 Å². The van der Waals surface area contributed by atoms with Crippen molar-refractivity contribution in [1.29, 1.82) is 0 Å². The van der Waals surface area contributed by atoms with E-state index in [1.165, 1.54) is 13.1 Å². The summed E-state index contributed by atoms with van der Waals surface area (Å²) in [6.45, 7) is 9.16. The molecule has 13 heavy (non-hydrogen) atoms. The molecule has 1 aliphatic rings. The van der Waals surface area contributed by atoms with Crippen molar-refractivity contribution in [3.63, 3.8) is 0 Å². The molecule has 1 rings (SSSR count). The van der Waals surface area contributed by atoms with E-state index in [1.807, 2.05) is 0 Å². The van der Waals surface area contributed by atoms with Crippen molar-refractivity contribution in [3.05, 3.63) is 0 Å². The van der Waals surface area contributed by atoms with Crippen molar-refractivity contribution in [3.8, 4) is 0 Å². The lowest BCUT2D eigenvalue weighted by atomic mass is 10.1. The number of nitrogens with zero attached hydrogens (tertiary/aromatic N) is 2. The zero-order valence-corrected chi connectivity index (χ0v) is 9.38. The van der Waals surface area contributed by atoms with Gasteiger partial charge in [0.05, 0.1) is 0 Å². The van der Waals surface area contributed by atoms with Crippen LogP contribution in [0.1, 0.15) is 13.8 Å². The van der Waals surface area contributed by atoms with E-state index in [-0.39, 0.29) is 0 Å². The summed E-state index contributed by atoms with van der Waals surface area (Å²) >= 11 is 0. The molecule has 0 aliphatic carbocycles. The van der Waals surface area contributed by atoms with E-state index >= 15 is 0 Å². The third kappa shape index (κ3) is 3.25. The molecule has 0 bridgehead atoms. The minimum Gasteiger partial charge on any atom is -0.311 e. The van der Waals surface area contributed by atoms with Gasteiger partial charge in [-0.2, -0.15) is 0 Å². The van der Waals surface area contributed by atoms with Crippen molar-refractivity contribution in [2.24, 2.45) is 0 Å². The van der Waals surface area contributed by atoms with Crippen molar-refractivity contribution in [2.45, 2.75) is 25.9 Å². The summed E-state index contributed by atoms with van der Waals surface area (Å²) in [6, 6.07) is 1.34. The maximum absolute atomic E-state index is 3.53. The van der Waals surface area contributed by atoms with Gasteiger partial charge in [0, 0.05) is 31.7 Å². The van der Waals surface area contributed by atoms with Crippen LogP contribution in [0.4, 0.5) is 0 Å². The van der Waals surface area contributed by atoms with Crippen molar-refractivity contribution >= 4 is 0 Å². The Balaban J connectivity index is 2.42. The lowest BCUT2D eigenvalue weighted by molar-refractivity contribution is 0.118.